The number of nitrogens with one attached hydrogen (secondary N) is 1. The van der Waals surface area contributed by atoms with Gasteiger partial charge in [0.15, 0.2) is 17.3 Å². The molecule has 3 rings (SSSR count). The van der Waals surface area contributed by atoms with Crippen LogP contribution in [0.4, 0.5) is 0 Å². The highest BCUT2D eigenvalue weighted by Gasteiger charge is 2.08. The molecule has 0 aliphatic heterocycles. The van der Waals surface area contributed by atoms with Gasteiger partial charge in [0, 0.05) is 18.0 Å². The third kappa shape index (κ3) is 3.18. The van der Waals surface area contributed by atoms with Crippen LogP contribution in [0.3, 0.4) is 0 Å². The lowest BCUT2D eigenvalue weighted by Crippen LogP contribution is -1.96. The lowest BCUT2D eigenvalue weighted by Gasteiger charge is -2.07. The molecule has 0 fully saturated rings. The second-order valence-corrected chi connectivity index (χ2v) is 5.15. The predicted octanol–water partition coefficient (Wildman–Crippen LogP) is 2.90. The van der Waals surface area contributed by atoms with Crippen molar-refractivity contribution in [3.8, 4) is 22.9 Å². The maximum atomic E-state index is 5.29. The van der Waals surface area contributed by atoms with Gasteiger partial charge in [0.2, 0.25) is 4.77 Å². The number of benzene rings is 1. The minimum Gasteiger partial charge on any atom is -0.493 e. The molecule has 1 N–H and O–H groups in total. The summed E-state index contributed by atoms with van der Waals surface area (Å²) >= 11 is 5.24. The van der Waals surface area contributed by atoms with Gasteiger partial charge < -0.3 is 9.47 Å². The molecule has 0 saturated carbocycles. The third-order valence-electron chi connectivity index (χ3n) is 3.30. The van der Waals surface area contributed by atoms with Crippen molar-refractivity contribution in [1.82, 2.24) is 19.9 Å². The van der Waals surface area contributed by atoms with Crippen molar-refractivity contribution in [2.75, 3.05) is 14.2 Å². The summed E-state index contributed by atoms with van der Waals surface area (Å²) in [5, 5.41) is 11.4. The number of nitrogens with zero attached hydrogens (tertiary/aromatic N) is 4. The van der Waals surface area contributed by atoms with E-state index in [4.69, 9.17) is 21.7 Å². The summed E-state index contributed by atoms with van der Waals surface area (Å²) < 4.78 is 12.5. The zero-order valence-corrected chi connectivity index (χ0v) is 13.9. The largest absolute Gasteiger partial charge is 0.493 e. The highest BCUT2D eigenvalue weighted by atomic mass is 32.1. The van der Waals surface area contributed by atoms with Crippen LogP contribution in [-0.2, 0) is 0 Å². The van der Waals surface area contributed by atoms with E-state index in [0.29, 0.717) is 22.1 Å². The summed E-state index contributed by atoms with van der Waals surface area (Å²) in [7, 11) is 3.18. The van der Waals surface area contributed by atoms with Crippen molar-refractivity contribution < 1.29 is 9.47 Å². The van der Waals surface area contributed by atoms with E-state index >= 15 is 0 Å². The quantitative estimate of drug-likeness (QED) is 0.570. The monoisotopic (exact) mass is 341 g/mol. The first-order valence-corrected chi connectivity index (χ1v) is 7.48. The van der Waals surface area contributed by atoms with Crippen molar-refractivity contribution in [1.29, 1.82) is 0 Å². The number of rotatable bonds is 5. The maximum Gasteiger partial charge on any atom is 0.216 e. The molecule has 0 spiro atoms. The predicted molar refractivity (Wildman–Crippen MR) is 93.2 cm³/mol. The first-order valence-electron chi connectivity index (χ1n) is 7.07. The van der Waals surface area contributed by atoms with Gasteiger partial charge in [0.1, 0.15) is 0 Å². The summed E-state index contributed by atoms with van der Waals surface area (Å²) in [4.78, 5) is 4.09. The Labute approximate surface area is 143 Å². The zero-order chi connectivity index (χ0) is 16.9. The van der Waals surface area contributed by atoms with E-state index in [1.54, 1.807) is 37.5 Å². The van der Waals surface area contributed by atoms with Crippen LogP contribution in [0, 0.1) is 4.77 Å². The number of methoxy groups -OCH3 is 2. The van der Waals surface area contributed by atoms with Crippen LogP contribution in [0.5, 0.6) is 11.5 Å². The van der Waals surface area contributed by atoms with Crippen molar-refractivity contribution >= 4 is 18.4 Å². The maximum absolute atomic E-state index is 5.29. The van der Waals surface area contributed by atoms with Crippen LogP contribution in [0.25, 0.3) is 11.4 Å². The van der Waals surface area contributed by atoms with Crippen molar-refractivity contribution in [2.45, 2.75) is 0 Å². The molecule has 2 aromatic heterocycles. The molecule has 7 nitrogen and oxygen atoms in total. The molecule has 24 heavy (non-hydrogen) atoms. The molecule has 1 aromatic carbocycles. The summed E-state index contributed by atoms with van der Waals surface area (Å²) in [6, 6.07) is 9.24. The van der Waals surface area contributed by atoms with Gasteiger partial charge in [-0.3, -0.25) is 4.98 Å². The molecule has 0 bridgehead atoms. The van der Waals surface area contributed by atoms with E-state index in [0.717, 1.165) is 11.1 Å². The number of aromatic nitrogens is 4. The van der Waals surface area contributed by atoms with Crippen LogP contribution < -0.4 is 9.47 Å². The minimum absolute atomic E-state index is 0.394. The Bertz CT molecular complexity index is 918. The number of ether oxygens (including phenoxy) is 2. The first kappa shape index (κ1) is 15.9. The van der Waals surface area contributed by atoms with Crippen molar-refractivity contribution in [3.63, 3.8) is 0 Å². The molecular formula is C16H15N5O2S. The van der Waals surface area contributed by atoms with Gasteiger partial charge in [-0.2, -0.15) is 14.9 Å². The number of hydrogen-bond acceptors (Lipinski definition) is 6. The molecule has 122 valence electrons. The van der Waals surface area contributed by atoms with E-state index < -0.39 is 0 Å². The summed E-state index contributed by atoms with van der Waals surface area (Å²) in [5.74, 6) is 1.88. The van der Waals surface area contributed by atoms with E-state index in [9.17, 15) is 0 Å². The molecule has 0 aliphatic rings. The van der Waals surface area contributed by atoms with Crippen molar-refractivity contribution in [2.24, 2.45) is 5.10 Å². The van der Waals surface area contributed by atoms with Gasteiger partial charge in [-0.15, -0.1) is 0 Å². The second-order valence-electron chi connectivity index (χ2n) is 4.76. The van der Waals surface area contributed by atoms with Gasteiger partial charge >= 0.3 is 0 Å². The van der Waals surface area contributed by atoms with Crippen LogP contribution >= 0.6 is 12.2 Å². The molecule has 3 aromatic rings. The number of hydrogen-bond donors (Lipinski definition) is 1. The van der Waals surface area contributed by atoms with Crippen LogP contribution in [-0.4, -0.2) is 40.3 Å². The fourth-order valence-corrected chi connectivity index (χ4v) is 2.32. The number of H-pyrrole nitrogens is 1. The Morgan fingerprint density at radius 3 is 2.75 bits per heavy atom. The number of pyridine rings is 1. The van der Waals surface area contributed by atoms with Crippen LogP contribution in [0.15, 0.2) is 47.8 Å². The average Bonchev–Trinajstić information content (AvgIpc) is 3.01. The number of aromatic amines is 1. The van der Waals surface area contributed by atoms with Crippen molar-refractivity contribution in [3.05, 3.63) is 53.1 Å². The van der Waals surface area contributed by atoms with Gasteiger partial charge in [0.05, 0.1) is 20.4 Å². The van der Waals surface area contributed by atoms with E-state index in [1.807, 2.05) is 30.3 Å². The van der Waals surface area contributed by atoms with E-state index in [1.165, 1.54) is 0 Å². The molecule has 0 radical (unpaired) electrons. The SMILES string of the molecule is COc1ccc(/C=N\n2c(-c3cccnc3)n[nH]c2=S)cc1OC. The normalized spacial score (nSPS) is 10.9. The lowest BCUT2D eigenvalue weighted by molar-refractivity contribution is 0.355. The van der Waals surface area contributed by atoms with Gasteiger partial charge in [-0.25, -0.2) is 5.10 Å². The van der Waals surface area contributed by atoms with Crippen LogP contribution in [0.2, 0.25) is 0 Å². The topological polar surface area (TPSA) is 77.3 Å². The summed E-state index contributed by atoms with van der Waals surface area (Å²) in [6.07, 6.45) is 5.07. The standard InChI is InChI=1S/C16H15N5O2S/c1-22-13-6-5-11(8-14(13)23-2)9-18-21-15(19-20-16(21)24)12-4-3-7-17-10-12/h3-10H,1-2H3,(H,20,24)/b18-9-. The molecule has 0 amide bonds. The highest BCUT2D eigenvalue weighted by Crippen LogP contribution is 2.27. The van der Waals surface area contributed by atoms with Gasteiger partial charge in [0.25, 0.3) is 0 Å². The lowest BCUT2D eigenvalue weighted by atomic mass is 10.2. The molecule has 0 saturated heterocycles. The first-order chi connectivity index (χ1) is 11.7. The Hall–Kier alpha value is -3.00. The smallest absolute Gasteiger partial charge is 0.216 e. The van der Waals surface area contributed by atoms with Gasteiger partial charge in [-0.05, 0) is 48.1 Å². The Morgan fingerprint density at radius 1 is 1.21 bits per heavy atom. The Morgan fingerprint density at radius 2 is 2.04 bits per heavy atom. The third-order valence-corrected chi connectivity index (χ3v) is 3.56. The second kappa shape index (κ2) is 7.05. The zero-order valence-electron chi connectivity index (χ0n) is 13.1. The molecule has 0 aliphatic carbocycles. The Kier molecular flexibility index (Phi) is 4.66. The minimum atomic E-state index is 0.394. The molecule has 0 unspecified atom stereocenters. The summed E-state index contributed by atoms with van der Waals surface area (Å²) in [6.45, 7) is 0. The van der Waals surface area contributed by atoms with Gasteiger partial charge in [-0.1, -0.05) is 0 Å². The molecule has 0 atom stereocenters. The average molecular weight is 341 g/mol. The highest BCUT2D eigenvalue weighted by molar-refractivity contribution is 7.71. The molecule has 8 heteroatoms. The molecule has 2 heterocycles. The van der Waals surface area contributed by atoms with Crippen LogP contribution in [0.1, 0.15) is 5.56 Å². The fraction of sp³-hybridized carbons (Fsp3) is 0.125. The summed E-state index contributed by atoms with van der Waals surface area (Å²) in [5.41, 5.74) is 1.65. The van der Waals surface area contributed by atoms with E-state index in [-0.39, 0.29) is 0 Å². The fourth-order valence-electron chi connectivity index (χ4n) is 2.14. The Balaban J connectivity index is 1.96. The molecular weight excluding hydrogens is 326 g/mol. The van der Waals surface area contributed by atoms with E-state index in [2.05, 4.69) is 20.3 Å².